The summed E-state index contributed by atoms with van der Waals surface area (Å²) in [5, 5.41) is 0. The quantitative estimate of drug-likeness (QED) is 0.697. The molecule has 3 unspecified atom stereocenters. The van der Waals surface area contributed by atoms with Crippen molar-refractivity contribution >= 4 is 0 Å². The maximum Gasteiger partial charge on any atom is 0.0976 e. The summed E-state index contributed by atoms with van der Waals surface area (Å²) in [4.78, 5) is 0. The fraction of sp³-hybridized carbons (Fsp3) is 1.00. The van der Waals surface area contributed by atoms with Crippen molar-refractivity contribution in [3.05, 3.63) is 0 Å². The molecule has 12 heavy (non-hydrogen) atoms. The minimum atomic E-state index is -0.651. The third-order valence-corrected chi connectivity index (χ3v) is 3.00. The number of rotatable bonds is 3. The Morgan fingerprint density at radius 1 is 1.33 bits per heavy atom. The summed E-state index contributed by atoms with van der Waals surface area (Å²) in [5.41, 5.74) is 5.65. The van der Waals surface area contributed by atoms with Crippen molar-refractivity contribution in [1.82, 2.24) is 0 Å². The smallest absolute Gasteiger partial charge is 0.0976 e. The number of hydrogen-bond acceptors (Lipinski definition) is 1. The van der Waals surface area contributed by atoms with Crippen molar-refractivity contribution in [1.29, 1.82) is 0 Å². The Hall–Kier alpha value is -0.110. The van der Waals surface area contributed by atoms with Gasteiger partial charge in [0, 0.05) is 0 Å². The van der Waals surface area contributed by atoms with Crippen molar-refractivity contribution in [2.75, 3.05) is 6.54 Å². The lowest BCUT2D eigenvalue weighted by molar-refractivity contribution is 0.182. The maximum atomic E-state index is 12.8. The molecule has 0 aromatic rings. The van der Waals surface area contributed by atoms with E-state index in [2.05, 4.69) is 0 Å². The van der Waals surface area contributed by atoms with Crippen LogP contribution >= 0.6 is 0 Å². The minimum absolute atomic E-state index is 0.559. The van der Waals surface area contributed by atoms with Crippen LogP contribution in [-0.2, 0) is 0 Å². The van der Waals surface area contributed by atoms with E-state index in [0.717, 1.165) is 13.0 Å². The molecule has 1 aliphatic rings. The average molecular weight is 173 g/mol. The third-order valence-electron chi connectivity index (χ3n) is 3.00. The lowest BCUT2D eigenvalue weighted by atomic mass is 9.77. The molecule has 1 fully saturated rings. The molecule has 3 atom stereocenters. The van der Waals surface area contributed by atoms with E-state index in [4.69, 9.17) is 5.73 Å². The van der Waals surface area contributed by atoms with E-state index in [1.807, 2.05) is 0 Å². The van der Waals surface area contributed by atoms with Gasteiger partial charge in [0.1, 0.15) is 0 Å². The van der Waals surface area contributed by atoms with Crippen LogP contribution in [-0.4, -0.2) is 12.7 Å². The van der Waals surface area contributed by atoms with E-state index in [-0.39, 0.29) is 0 Å². The predicted octanol–water partition coefficient (Wildman–Crippen LogP) is 2.50. The fourth-order valence-electron chi connectivity index (χ4n) is 2.32. The van der Waals surface area contributed by atoms with Gasteiger partial charge in [-0.25, -0.2) is 4.39 Å². The molecule has 0 saturated heterocycles. The van der Waals surface area contributed by atoms with E-state index >= 15 is 0 Å². The van der Waals surface area contributed by atoms with Gasteiger partial charge in [0.2, 0.25) is 0 Å². The molecule has 1 aliphatic carbocycles. The second-order valence-corrected chi connectivity index (χ2v) is 4.06. The van der Waals surface area contributed by atoms with Gasteiger partial charge < -0.3 is 5.73 Å². The first kappa shape index (κ1) is 9.97. The normalized spacial score (nSPS) is 33.2. The highest BCUT2D eigenvalue weighted by molar-refractivity contribution is 4.77. The van der Waals surface area contributed by atoms with Crippen LogP contribution in [0.15, 0.2) is 0 Å². The molecule has 0 spiro atoms. The first-order chi connectivity index (χ1) is 5.74. The van der Waals surface area contributed by atoms with Crippen LogP contribution in [0.2, 0.25) is 0 Å². The van der Waals surface area contributed by atoms with Gasteiger partial charge in [-0.05, 0) is 38.1 Å². The highest BCUT2D eigenvalue weighted by atomic mass is 19.1. The molecule has 0 heterocycles. The Labute approximate surface area is 74.5 Å². The van der Waals surface area contributed by atoms with Crippen molar-refractivity contribution in [3.8, 4) is 0 Å². The van der Waals surface area contributed by atoms with E-state index in [0.29, 0.717) is 11.8 Å². The summed E-state index contributed by atoms with van der Waals surface area (Å²) in [6, 6.07) is 0. The van der Waals surface area contributed by atoms with Gasteiger partial charge in [0.15, 0.2) is 0 Å². The summed E-state index contributed by atoms with van der Waals surface area (Å²) < 4.78 is 12.8. The molecule has 2 N–H and O–H groups in total. The first-order valence-electron chi connectivity index (χ1n) is 5.08. The maximum absolute atomic E-state index is 12.8. The number of halogens is 1. The van der Waals surface area contributed by atoms with Crippen molar-refractivity contribution < 1.29 is 4.39 Å². The molecular weight excluding hydrogens is 153 g/mol. The van der Waals surface area contributed by atoms with Gasteiger partial charge in [0.25, 0.3) is 0 Å². The second kappa shape index (κ2) is 4.80. The number of alkyl halides is 1. The summed E-state index contributed by atoms with van der Waals surface area (Å²) in [7, 11) is 0. The summed E-state index contributed by atoms with van der Waals surface area (Å²) >= 11 is 0. The molecule has 1 nitrogen and oxygen atoms in total. The van der Waals surface area contributed by atoms with Gasteiger partial charge in [-0.3, -0.25) is 0 Å². The zero-order chi connectivity index (χ0) is 8.97. The van der Waals surface area contributed by atoms with E-state index in [9.17, 15) is 4.39 Å². The van der Waals surface area contributed by atoms with Crippen LogP contribution in [0.3, 0.4) is 0 Å². The Kier molecular flexibility index (Phi) is 3.99. The highest BCUT2D eigenvalue weighted by Gasteiger charge is 2.24. The number of nitrogens with two attached hydrogens (primary N) is 1. The van der Waals surface area contributed by atoms with Crippen molar-refractivity contribution in [2.24, 2.45) is 17.6 Å². The zero-order valence-electron chi connectivity index (χ0n) is 7.93. The van der Waals surface area contributed by atoms with Crippen LogP contribution < -0.4 is 5.73 Å². The number of hydrogen-bond donors (Lipinski definition) is 1. The Bertz CT molecular complexity index is 125. The lowest BCUT2D eigenvalue weighted by Crippen LogP contribution is -2.28. The molecule has 0 aromatic carbocycles. The minimum Gasteiger partial charge on any atom is -0.330 e. The fourth-order valence-corrected chi connectivity index (χ4v) is 2.32. The Morgan fingerprint density at radius 2 is 1.92 bits per heavy atom. The summed E-state index contributed by atoms with van der Waals surface area (Å²) in [6.45, 7) is 2.40. The lowest BCUT2D eigenvalue weighted by Gasteiger charge is -2.30. The van der Waals surface area contributed by atoms with Crippen LogP contribution in [0, 0.1) is 11.8 Å². The molecule has 0 radical (unpaired) electrons. The Morgan fingerprint density at radius 3 is 2.42 bits per heavy atom. The van der Waals surface area contributed by atoms with Gasteiger partial charge in [0.05, 0.1) is 6.17 Å². The van der Waals surface area contributed by atoms with Crippen molar-refractivity contribution in [3.63, 3.8) is 0 Å². The van der Waals surface area contributed by atoms with E-state index < -0.39 is 6.17 Å². The van der Waals surface area contributed by atoms with E-state index in [1.165, 1.54) is 25.7 Å². The largest absolute Gasteiger partial charge is 0.330 e. The molecule has 72 valence electrons. The van der Waals surface area contributed by atoms with Gasteiger partial charge in [-0.2, -0.15) is 0 Å². The zero-order valence-corrected chi connectivity index (χ0v) is 7.93. The van der Waals surface area contributed by atoms with Gasteiger partial charge in [-0.1, -0.05) is 19.3 Å². The van der Waals surface area contributed by atoms with E-state index in [1.54, 1.807) is 6.92 Å². The molecule has 2 heteroatoms. The van der Waals surface area contributed by atoms with Crippen LogP contribution in [0.4, 0.5) is 4.39 Å². The monoisotopic (exact) mass is 173 g/mol. The molecule has 1 saturated carbocycles. The first-order valence-corrected chi connectivity index (χ1v) is 5.08. The third kappa shape index (κ3) is 2.74. The topological polar surface area (TPSA) is 26.0 Å². The highest BCUT2D eigenvalue weighted by Crippen LogP contribution is 2.32. The van der Waals surface area contributed by atoms with Crippen LogP contribution in [0.5, 0.6) is 0 Å². The average Bonchev–Trinajstić information content (AvgIpc) is 2.04. The molecule has 0 aromatic heterocycles. The van der Waals surface area contributed by atoms with Crippen LogP contribution in [0.25, 0.3) is 0 Å². The molecular formula is C10H20FN. The molecule has 0 bridgehead atoms. The van der Waals surface area contributed by atoms with Gasteiger partial charge in [-0.15, -0.1) is 0 Å². The van der Waals surface area contributed by atoms with Crippen molar-refractivity contribution in [2.45, 2.75) is 45.2 Å². The Balaban J connectivity index is 2.36. The molecule has 1 rings (SSSR count). The van der Waals surface area contributed by atoms with Gasteiger partial charge >= 0.3 is 0 Å². The summed E-state index contributed by atoms with van der Waals surface area (Å²) in [6.07, 6.45) is 5.04. The molecule has 0 aliphatic heterocycles. The standard InChI is InChI=1S/C10H20FN/c1-8(11)6-9-4-2-3-5-10(9)7-12/h8-10H,2-7,12H2,1H3. The summed E-state index contributed by atoms with van der Waals surface area (Å²) in [5.74, 6) is 1.15. The molecule has 0 amide bonds. The SMILES string of the molecule is CC(F)CC1CCCCC1CN. The second-order valence-electron chi connectivity index (χ2n) is 4.06. The predicted molar refractivity (Wildman–Crippen MR) is 49.7 cm³/mol. The van der Waals surface area contributed by atoms with Crippen LogP contribution in [0.1, 0.15) is 39.0 Å².